The second-order valence-electron chi connectivity index (χ2n) is 4.50. The third-order valence-corrected chi connectivity index (χ3v) is 3.33. The Balaban J connectivity index is 1.85. The van der Waals surface area contributed by atoms with Crippen LogP contribution in [0.25, 0.3) is 0 Å². The number of benzene rings is 1. The molecule has 2 aromatic rings. The molecule has 0 saturated heterocycles. The highest BCUT2D eigenvalue weighted by Gasteiger charge is 2.06. The van der Waals surface area contributed by atoms with Gasteiger partial charge in [0.25, 0.3) is 5.91 Å². The quantitative estimate of drug-likeness (QED) is 0.799. The smallest absolute Gasteiger partial charge is 0.263 e. The van der Waals surface area contributed by atoms with Crippen LogP contribution in [0.2, 0.25) is 0 Å². The molecule has 0 atom stereocenters. The summed E-state index contributed by atoms with van der Waals surface area (Å²) in [4.78, 5) is 27.3. The highest BCUT2D eigenvalue weighted by Crippen LogP contribution is 2.14. The van der Waals surface area contributed by atoms with Gasteiger partial charge in [-0.05, 0) is 52.3 Å². The predicted molar refractivity (Wildman–Crippen MR) is 87.1 cm³/mol. The lowest BCUT2D eigenvalue weighted by Crippen LogP contribution is -2.20. The van der Waals surface area contributed by atoms with E-state index in [9.17, 15) is 9.59 Å². The van der Waals surface area contributed by atoms with E-state index in [1.54, 1.807) is 42.6 Å². The Bertz CT molecular complexity index is 654. The van der Waals surface area contributed by atoms with E-state index in [1.165, 1.54) is 0 Å². The number of hydrogen-bond acceptors (Lipinski definition) is 4. The Hall–Kier alpha value is -2.21. The molecule has 0 aliphatic rings. The van der Waals surface area contributed by atoms with Crippen LogP contribution < -0.4 is 10.1 Å². The number of Topliss-reactive ketones (excluding diaryl/α,β-unsaturated/α-hetero) is 1. The zero-order chi connectivity index (χ0) is 15.9. The molecule has 0 bridgehead atoms. The highest BCUT2D eigenvalue weighted by molar-refractivity contribution is 9.10. The first-order valence-electron chi connectivity index (χ1n) is 6.76. The first kappa shape index (κ1) is 16.2. The van der Waals surface area contributed by atoms with Gasteiger partial charge < -0.3 is 10.1 Å². The van der Waals surface area contributed by atoms with Crippen LogP contribution in [0, 0.1) is 0 Å². The molecule has 0 saturated carbocycles. The van der Waals surface area contributed by atoms with Crippen molar-refractivity contribution < 1.29 is 14.3 Å². The molecule has 1 amide bonds. The van der Waals surface area contributed by atoms with E-state index >= 15 is 0 Å². The van der Waals surface area contributed by atoms with Gasteiger partial charge in [0.15, 0.2) is 12.4 Å². The van der Waals surface area contributed by atoms with E-state index in [1.807, 2.05) is 6.92 Å². The lowest BCUT2D eigenvalue weighted by Gasteiger charge is -2.07. The van der Waals surface area contributed by atoms with Gasteiger partial charge in [-0.1, -0.05) is 6.92 Å². The van der Waals surface area contributed by atoms with Gasteiger partial charge in [0.1, 0.15) is 11.6 Å². The normalized spacial score (nSPS) is 10.1. The number of carbonyl (C=O) groups excluding carboxylic acids is 2. The maximum Gasteiger partial charge on any atom is 0.263 e. The first-order chi connectivity index (χ1) is 10.6. The molecule has 1 aromatic carbocycles. The molecule has 1 heterocycles. The van der Waals surface area contributed by atoms with Crippen LogP contribution in [-0.2, 0) is 4.79 Å². The van der Waals surface area contributed by atoms with Crippen molar-refractivity contribution in [2.75, 3.05) is 11.9 Å². The summed E-state index contributed by atoms with van der Waals surface area (Å²) in [6, 6.07) is 10.2. The van der Waals surface area contributed by atoms with Gasteiger partial charge >= 0.3 is 0 Å². The minimum Gasteiger partial charge on any atom is -0.484 e. The molecule has 6 heteroatoms. The molecule has 0 radical (unpaired) electrons. The van der Waals surface area contributed by atoms with E-state index in [2.05, 4.69) is 26.2 Å². The van der Waals surface area contributed by atoms with Crippen LogP contribution in [0.3, 0.4) is 0 Å². The van der Waals surface area contributed by atoms with E-state index < -0.39 is 0 Å². The lowest BCUT2D eigenvalue weighted by atomic mass is 10.1. The molecule has 0 aliphatic carbocycles. The van der Waals surface area contributed by atoms with Crippen LogP contribution in [0.4, 0.5) is 5.82 Å². The summed E-state index contributed by atoms with van der Waals surface area (Å²) in [6.07, 6.45) is 2.06. The van der Waals surface area contributed by atoms with Crippen LogP contribution in [0.5, 0.6) is 5.75 Å². The third-order valence-electron chi connectivity index (χ3n) is 2.86. The average Bonchev–Trinajstić information content (AvgIpc) is 2.55. The Kier molecular flexibility index (Phi) is 5.66. The van der Waals surface area contributed by atoms with Gasteiger partial charge in [0.05, 0.1) is 0 Å². The van der Waals surface area contributed by atoms with Crippen molar-refractivity contribution in [1.82, 2.24) is 4.98 Å². The van der Waals surface area contributed by atoms with Crippen molar-refractivity contribution in [2.24, 2.45) is 0 Å². The molecule has 1 aromatic heterocycles. The number of ketones is 1. The molecule has 114 valence electrons. The monoisotopic (exact) mass is 362 g/mol. The number of aromatic nitrogens is 1. The Morgan fingerprint density at radius 1 is 1.18 bits per heavy atom. The minimum absolute atomic E-state index is 0.0746. The van der Waals surface area contributed by atoms with Crippen molar-refractivity contribution in [3.05, 3.63) is 52.6 Å². The van der Waals surface area contributed by atoms with Crippen molar-refractivity contribution in [3.63, 3.8) is 0 Å². The maximum atomic E-state index is 11.8. The van der Waals surface area contributed by atoms with E-state index in [0.29, 0.717) is 23.6 Å². The topological polar surface area (TPSA) is 68.3 Å². The maximum absolute atomic E-state index is 11.8. The fraction of sp³-hybridized carbons (Fsp3) is 0.188. The molecule has 22 heavy (non-hydrogen) atoms. The van der Waals surface area contributed by atoms with Crippen LogP contribution in [0.15, 0.2) is 47.1 Å². The van der Waals surface area contributed by atoms with E-state index in [-0.39, 0.29) is 18.3 Å². The molecule has 0 aliphatic heterocycles. The summed E-state index contributed by atoms with van der Waals surface area (Å²) in [7, 11) is 0. The number of amides is 1. The third kappa shape index (κ3) is 4.66. The molecule has 0 fully saturated rings. The summed E-state index contributed by atoms with van der Waals surface area (Å²) < 4.78 is 6.21. The van der Waals surface area contributed by atoms with Gasteiger partial charge in [0, 0.05) is 22.7 Å². The Morgan fingerprint density at radius 2 is 1.91 bits per heavy atom. The molecule has 0 unspecified atom stereocenters. The first-order valence-corrected chi connectivity index (χ1v) is 7.55. The zero-order valence-electron chi connectivity index (χ0n) is 12.0. The summed E-state index contributed by atoms with van der Waals surface area (Å²) in [6.45, 7) is 1.69. The highest BCUT2D eigenvalue weighted by atomic mass is 79.9. The summed E-state index contributed by atoms with van der Waals surface area (Å²) in [5.74, 6) is 0.765. The summed E-state index contributed by atoms with van der Waals surface area (Å²) >= 11 is 3.27. The SMILES string of the molecule is CCC(=O)c1ccc(OCC(=O)Nc2ccc(Br)cn2)cc1. The fourth-order valence-electron chi connectivity index (χ4n) is 1.72. The molecule has 0 spiro atoms. The number of hydrogen-bond donors (Lipinski definition) is 1. The van der Waals surface area contributed by atoms with Crippen LogP contribution in [0.1, 0.15) is 23.7 Å². The molecule has 1 N–H and O–H groups in total. The standard InChI is InChI=1S/C16H15BrN2O3/c1-2-14(20)11-3-6-13(7-4-11)22-10-16(21)19-15-8-5-12(17)9-18-15/h3-9H,2,10H2,1H3,(H,18,19,21). The lowest BCUT2D eigenvalue weighted by molar-refractivity contribution is -0.118. The van der Waals surface area contributed by atoms with E-state index in [0.717, 1.165) is 4.47 Å². The van der Waals surface area contributed by atoms with Crippen molar-refractivity contribution in [3.8, 4) is 5.75 Å². The molecule has 5 nitrogen and oxygen atoms in total. The second kappa shape index (κ2) is 7.70. The van der Waals surface area contributed by atoms with E-state index in [4.69, 9.17) is 4.74 Å². The zero-order valence-corrected chi connectivity index (χ0v) is 13.6. The molecular formula is C16H15BrN2O3. The summed E-state index contributed by atoms with van der Waals surface area (Å²) in [5.41, 5.74) is 0.637. The summed E-state index contributed by atoms with van der Waals surface area (Å²) in [5, 5.41) is 2.63. The predicted octanol–water partition coefficient (Wildman–Crippen LogP) is 3.45. The fourth-order valence-corrected chi connectivity index (χ4v) is 1.95. The van der Waals surface area contributed by atoms with Gasteiger partial charge in [-0.2, -0.15) is 0 Å². The molecule has 2 rings (SSSR count). The minimum atomic E-state index is -0.302. The number of halogens is 1. The second-order valence-corrected chi connectivity index (χ2v) is 5.42. The number of anilines is 1. The number of nitrogens with one attached hydrogen (secondary N) is 1. The number of pyridine rings is 1. The van der Waals surface area contributed by atoms with Gasteiger partial charge in [-0.25, -0.2) is 4.98 Å². The van der Waals surface area contributed by atoms with Crippen LogP contribution >= 0.6 is 15.9 Å². The number of ether oxygens (including phenoxy) is 1. The van der Waals surface area contributed by atoms with Crippen molar-refractivity contribution in [1.29, 1.82) is 0 Å². The number of carbonyl (C=O) groups is 2. The molecular weight excluding hydrogens is 348 g/mol. The van der Waals surface area contributed by atoms with Gasteiger partial charge in [-0.3, -0.25) is 9.59 Å². The van der Waals surface area contributed by atoms with Crippen molar-refractivity contribution in [2.45, 2.75) is 13.3 Å². The van der Waals surface area contributed by atoms with Crippen LogP contribution in [-0.4, -0.2) is 23.3 Å². The van der Waals surface area contributed by atoms with Crippen molar-refractivity contribution >= 4 is 33.4 Å². The van der Waals surface area contributed by atoms with Gasteiger partial charge in [0.2, 0.25) is 0 Å². The largest absolute Gasteiger partial charge is 0.484 e. The Morgan fingerprint density at radius 3 is 2.50 bits per heavy atom. The van der Waals surface area contributed by atoms with Gasteiger partial charge in [-0.15, -0.1) is 0 Å². The Labute approximate surface area is 136 Å². The number of rotatable bonds is 6. The number of nitrogens with zero attached hydrogens (tertiary/aromatic N) is 1. The average molecular weight is 363 g/mol.